The van der Waals surface area contributed by atoms with Crippen molar-refractivity contribution in [2.24, 2.45) is 0 Å². The molecule has 0 saturated carbocycles. The molecule has 158 valence electrons. The molecule has 3 aromatic rings. The summed E-state index contributed by atoms with van der Waals surface area (Å²) >= 11 is 0. The molecule has 0 spiro atoms. The van der Waals surface area contributed by atoms with Crippen molar-refractivity contribution in [3.8, 4) is 0 Å². The van der Waals surface area contributed by atoms with Gasteiger partial charge in [-0.3, -0.25) is 10.1 Å². The molecule has 0 fully saturated rings. The van der Waals surface area contributed by atoms with E-state index >= 15 is 0 Å². The number of rotatable bonds is 4. The van der Waals surface area contributed by atoms with E-state index < -0.39 is 11.7 Å². The standard InChI is InChI=1S/C24H25N5O2/c1-16(17-9-5-4-6-10-17)29-20-15-18(12-13-19(20)22(30)28-24(29,2)3)26-23(31)27-21-11-7-8-14-25-21/h4-16H,1-3H3,(H,28,30)(H2,25,26,27,31)/t16-/m0/s1. The zero-order valence-electron chi connectivity index (χ0n) is 17.7. The van der Waals surface area contributed by atoms with Crippen LogP contribution in [0.3, 0.4) is 0 Å². The Morgan fingerprint density at radius 3 is 2.48 bits per heavy atom. The second-order valence-electron chi connectivity index (χ2n) is 8.00. The van der Waals surface area contributed by atoms with Crippen LogP contribution in [0.1, 0.15) is 42.7 Å². The highest BCUT2D eigenvalue weighted by molar-refractivity contribution is 6.05. The molecule has 0 saturated heterocycles. The van der Waals surface area contributed by atoms with Gasteiger partial charge in [0.15, 0.2) is 0 Å². The van der Waals surface area contributed by atoms with Crippen molar-refractivity contribution < 1.29 is 9.59 Å². The van der Waals surface area contributed by atoms with Gasteiger partial charge in [0, 0.05) is 11.9 Å². The number of nitrogens with one attached hydrogen (secondary N) is 3. The average molecular weight is 415 g/mol. The van der Waals surface area contributed by atoms with Crippen molar-refractivity contribution >= 4 is 29.1 Å². The summed E-state index contributed by atoms with van der Waals surface area (Å²) < 4.78 is 0. The van der Waals surface area contributed by atoms with E-state index in [9.17, 15) is 9.59 Å². The number of benzene rings is 2. The van der Waals surface area contributed by atoms with Crippen LogP contribution in [0.15, 0.2) is 72.9 Å². The molecular weight excluding hydrogens is 390 g/mol. The van der Waals surface area contributed by atoms with Crippen molar-refractivity contribution in [3.05, 3.63) is 84.1 Å². The number of pyridine rings is 1. The fraction of sp³-hybridized carbons (Fsp3) is 0.208. The van der Waals surface area contributed by atoms with Gasteiger partial charge in [-0.25, -0.2) is 9.78 Å². The smallest absolute Gasteiger partial charge is 0.324 e. The molecular formula is C24H25N5O2. The number of hydrogen-bond donors (Lipinski definition) is 3. The maximum Gasteiger partial charge on any atom is 0.324 e. The Balaban J connectivity index is 1.66. The lowest BCUT2D eigenvalue weighted by Crippen LogP contribution is -2.61. The third-order valence-corrected chi connectivity index (χ3v) is 5.36. The second kappa shape index (κ2) is 8.10. The highest BCUT2D eigenvalue weighted by Gasteiger charge is 2.39. The van der Waals surface area contributed by atoms with E-state index in [4.69, 9.17) is 0 Å². The van der Waals surface area contributed by atoms with Crippen LogP contribution in [0.25, 0.3) is 0 Å². The quantitative estimate of drug-likeness (QED) is 0.573. The van der Waals surface area contributed by atoms with Crippen molar-refractivity contribution in [2.75, 3.05) is 15.5 Å². The van der Waals surface area contributed by atoms with Crippen LogP contribution < -0.4 is 20.9 Å². The first-order valence-electron chi connectivity index (χ1n) is 10.1. The van der Waals surface area contributed by atoms with Gasteiger partial charge >= 0.3 is 6.03 Å². The maximum absolute atomic E-state index is 12.7. The first kappa shape index (κ1) is 20.4. The van der Waals surface area contributed by atoms with Gasteiger partial charge in [-0.15, -0.1) is 0 Å². The summed E-state index contributed by atoms with van der Waals surface area (Å²) in [7, 11) is 0. The van der Waals surface area contributed by atoms with E-state index in [0.29, 0.717) is 17.1 Å². The highest BCUT2D eigenvalue weighted by atomic mass is 16.2. The zero-order chi connectivity index (χ0) is 22.0. The van der Waals surface area contributed by atoms with E-state index in [2.05, 4.69) is 44.9 Å². The molecule has 0 aliphatic carbocycles. The number of carbonyl (C=O) groups is 2. The van der Waals surface area contributed by atoms with Gasteiger partial charge in [0.05, 0.1) is 17.3 Å². The second-order valence-corrected chi connectivity index (χ2v) is 8.00. The normalized spacial score (nSPS) is 15.5. The van der Waals surface area contributed by atoms with Gasteiger partial charge in [-0.2, -0.15) is 0 Å². The Kier molecular flexibility index (Phi) is 5.33. The molecule has 4 rings (SSSR count). The van der Waals surface area contributed by atoms with Crippen molar-refractivity contribution in [1.82, 2.24) is 10.3 Å². The summed E-state index contributed by atoms with van der Waals surface area (Å²) in [5.74, 6) is 0.318. The molecule has 1 aliphatic rings. The van der Waals surface area contributed by atoms with Crippen LogP contribution in [-0.4, -0.2) is 22.6 Å². The Morgan fingerprint density at radius 1 is 1.03 bits per heavy atom. The topological polar surface area (TPSA) is 86.4 Å². The number of urea groups is 1. The zero-order valence-corrected chi connectivity index (χ0v) is 17.7. The van der Waals surface area contributed by atoms with Crippen molar-refractivity contribution in [1.29, 1.82) is 0 Å². The van der Waals surface area contributed by atoms with E-state index in [1.54, 1.807) is 36.5 Å². The largest absolute Gasteiger partial charge is 0.342 e. The summed E-state index contributed by atoms with van der Waals surface area (Å²) in [5, 5.41) is 8.62. The molecule has 3 amide bonds. The molecule has 0 radical (unpaired) electrons. The van der Waals surface area contributed by atoms with E-state index in [1.807, 2.05) is 38.1 Å². The number of nitrogens with zero attached hydrogens (tertiary/aromatic N) is 2. The summed E-state index contributed by atoms with van der Waals surface area (Å²) in [4.78, 5) is 31.4. The Morgan fingerprint density at radius 2 is 1.77 bits per heavy atom. The molecule has 1 aliphatic heterocycles. The van der Waals surface area contributed by atoms with Gasteiger partial charge in [-0.1, -0.05) is 36.4 Å². The Hall–Kier alpha value is -3.87. The van der Waals surface area contributed by atoms with Gasteiger partial charge in [0.25, 0.3) is 5.91 Å². The molecule has 7 heteroatoms. The molecule has 1 aromatic heterocycles. The maximum atomic E-state index is 12.7. The average Bonchev–Trinajstić information content (AvgIpc) is 2.74. The number of anilines is 3. The van der Waals surface area contributed by atoms with Gasteiger partial charge in [0.1, 0.15) is 11.5 Å². The van der Waals surface area contributed by atoms with E-state index in [0.717, 1.165) is 11.3 Å². The third-order valence-electron chi connectivity index (χ3n) is 5.36. The molecule has 7 nitrogen and oxygen atoms in total. The number of carbonyl (C=O) groups excluding carboxylic acids is 2. The molecule has 2 heterocycles. The summed E-state index contributed by atoms with van der Waals surface area (Å²) in [6, 6.07) is 20.3. The number of hydrogen-bond acceptors (Lipinski definition) is 4. The minimum absolute atomic E-state index is 0.00635. The minimum atomic E-state index is -0.617. The van der Waals surface area contributed by atoms with Crippen LogP contribution in [0.2, 0.25) is 0 Å². The van der Waals surface area contributed by atoms with Crippen LogP contribution >= 0.6 is 0 Å². The SMILES string of the molecule is C[C@@H](c1ccccc1)N1c2cc(NC(=O)Nc3ccccn3)ccc2C(=O)NC1(C)C. The predicted octanol–water partition coefficient (Wildman–Crippen LogP) is 4.77. The van der Waals surface area contributed by atoms with Crippen LogP contribution in [0.5, 0.6) is 0 Å². The fourth-order valence-electron chi connectivity index (χ4n) is 4.00. The molecule has 3 N–H and O–H groups in total. The van der Waals surface area contributed by atoms with Crippen LogP contribution in [-0.2, 0) is 0 Å². The molecule has 0 unspecified atom stereocenters. The highest BCUT2D eigenvalue weighted by Crippen LogP contribution is 2.39. The Labute approximate surface area is 181 Å². The Bertz CT molecular complexity index is 1100. The summed E-state index contributed by atoms with van der Waals surface area (Å²) in [5.41, 5.74) is 2.43. The molecule has 0 bridgehead atoms. The van der Waals surface area contributed by atoms with Crippen molar-refractivity contribution in [3.63, 3.8) is 0 Å². The molecule has 1 atom stereocenters. The fourth-order valence-corrected chi connectivity index (χ4v) is 4.00. The van der Waals surface area contributed by atoms with Gasteiger partial charge < -0.3 is 15.5 Å². The lowest BCUT2D eigenvalue weighted by molar-refractivity contribution is 0.0893. The van der Waals surface area contributed by atoms with E-state index in [-0.39, 0.29) is 11.9 Å². The van der Waals surface area contributed by atoms with Gasteiger partial charge in [-0.05, 0) is 56.7 Å². The molecule has 2 aromatic carbocycles. The van der Waals surface area contributed by atoms with Gasteiger partial charge in [0.2, 0.25) is 0 Å². The minimum Gasteiger partial charge on any atom is -0.342 e. The first-order valence-corrected chi connectivity index (χ1v) is 10.1. The summed E-state index contributed by atoms with van der Waals surface area (Å²) in [6.45, 7) is 6.05. The lowest BCUT2D eigenvalue weighted by Gasteiger charge is -2.48. The molecule has 31 heavy (non-hydrogen) atoms. The summed E-state index contributed by atoms with van der Waals surface area (Å²) in [6.07, 6.45) is 1.61. The van der Waals surface area contributed by atoms with E-state index in [1.165, 1.54) is 0 Å². The van der Waals surface area contributed by atoms with Crippen molar-refractivity contribution in [2.45, 2.75) is 32.5 Å². The van der Waals surface area contributed by atoms with Crippen LogP contribution in [0, 0.1) is 0 Å². The number of fused-ring (bicyclic) bond motifs is 1. The third kappa shape index (κ3) is 4.21. The lowest BCUT2D eigenvalue weighted by atomic mass is 9.96. The first-order chi connectivity index (χ1) is 14.8. The monoisotopic (exact) mass is 415 g/mol. The van der Waals surface area contributed by atoms with Crippen LogP contribution in [0.4, 0.5) is 22.0 Å². The number of aromatic nitrogens is 1. The number of amides is 3. The predicted molar refractivity (Wildman–Crippen MR) is 122 cm³/mol.